The number of nitrogens with zero attached hydrogens (tertiary/aromatic N) is 4. The minimum absolute atomic E-state index is 0.0546. The van der Waals surface area contributed by atoms with Crippen LogP contribution in [-0.2, 0) is 25.6 Å². The van der Waals surface area contributed by atoms with E-state index in [1.807, 2.05) is 30.3 Å². The van der Waals surface area contributed by atoms with Crippen molar-refractivity contribution >= 4 is 29.4 Å². The number of thioether (sulfide) groups is 1. The van der Waals surface area contributed by atoms with Crippen molar-refractivity contribution in [1.29, 1.82) is 0 Å². The number of benzene rings is 1. The zero-order chi connectivity index (χ0) is 22.7. The number of hydrogen-bond acceptors (Lipinski definition) is 7. The van der Waals surface area contributed by atoms with Crippen LogP contribution in [0.3, 0.4) is 0 Å². The summed E-state index contributed by atoms with van der Waals surface area (Å²) >= 11 is 1.39. The van der Waals surface area contributed by atoms with Gasteiger partial charge in [-0.1, -0.05) is 30.3 Å². The molecular formula is C21H24N4O6S. The Morgan fingerprint density at radius 3 is 2.66 bits per heavy atom. The molecule has 3 aliphatic heterocycles. The molecule has 170 valence electrons. The van der Waals surface area contributed by atoms with E-state index in [1.54, 1.807) is 0 Å². The highest BCUT2D eigenvalue weighted by Crippen LogP contribution is 2.45. The Morgan fingerprint density at radius 1 is 1.25 bits per heavy atom. The number of carbonyl (C=O) groups is 3. The number of hydrogen-bond donors (Lipinski definition) is 1. The number of amides is 1. The van der Waals surface area contributed by atoms with Crippen molar-refractivity contribution in [3.8, 4) is 0 Å². The number of aliphatic carboxylic acids is 1. The average Bonchev–Trinajstić information content (AvgIpc) is 3.32. The van der Waals surface area contributed by atoms with Crippen LogP contribution in [0.1, 0.15) is 24.8 Å². The van der Waals surface area contributed by atoms with Crippen LogP contribution in [0.2, 0.25) is 0 Å². The van der Waals surface area contributed by atoms with E-state index in [0.29, 0.717) is 29.4 Å². The standard InChI is InChI=1S/C21H24N4O6S/c26-16(10-14-6-2-1-3-7-14)11-17-19(27)24-18(21(28)29)15(13-32-20(17)24)12-31-22-25(30)23-8-4-5-9-23/h1-3,6-7,17,20H,4-5,8-13H2,(H,28,29)/b25-22-. The van der Waals surface area contributed by atoms with E-state index in [0.717, 1.165) is 18.4 Å². The summed E-state index contributed by atoms with van der Waals surface area (Å²) in [6, 6.07) is 9.30. The molecule has 0 saturated carbocycles. The number of fused-ring (bicyclic) bond motifs is 1. The van der Waals surface area contributed by atoms with E-state index in [9.17, 15) is 24.7 Å². The van der Waals surface area contributed by atoms with Gasteiger partial charge in [-0.2, -0.15) is 0 Å². The number of Topliss-reactive ketones (excluding diaryl/α,β-unsaturated/α-hetero) is 1. The first-order valence-corrected chi connectivity index (χ1v) is 11.5. The molecule has 3 aliphatic rings. The van der Waals surface area contributed by atoms with Gasteiger partial charge in [0, 0.05) is 24.2 Å². The van der Waals surface area contributed by atoms with Crippen LogP contribution >= 0.6 is 11.8 Å². The van der Waals surface area contributed by atoms with Gasteiger partial charge in [-0.25, -0.2) is 4.79 Å². The van der Waals surface area contributed by atoms with E-state index < -0.39 is 17.3 Å². The number of carboxylic acids is 1. The van der Waals surface area contributed by atoms with Crippen molar-refractivity contribution in [3.63, 3.8) is 0 Å². The monoisotopic (exact) mass is 460 g/mol. The molecule has 3 heterocycles. The van der Waals surface area contributed by atoms with Crippen LogP contribution in [0.5, 0.6) is 0 Å². The predicted molar refractivity (Wildman–Crippen MR) is 114 cm³/mol. The van der Waals surface area contributed by atoms with Crippen molar-refractivity contribution in [3.05, 3.63) is 52.4 Å². The second-order valence-electron chi connectivity index (χ2n) is 7.95. The predicted octanol–water partition coefficient (Wildman–Crippen LogP) is 1.96. The summed E-state index contributed by atoms with van der Waals surface area (Å²) in [5.74, 6) is -1.89. The fourth-order valence-electron chi connectivity index (χ4n) is 4.15. The fourth-order valence-corrected chi connectivity index (χ4v) is 5.54. The van der Waals surface area contributed by atoms with Crippen molar-refractivity contribution in [2.24, 2.45) is 11.2 Å². The maximum atomic E-state index is 12.7. The average molecular weight is 461 g/mol. The van der Waals surface area contributed by atoms with E-state index in [-0.39, 0.29) is 36.8 Å². The van der Waals surface area contributed by atoms with Gasteiger partial charge in [-0.15, -0.1) is 16.8 Å². The SMILES string of the molecule is O=C(Cc1ccccc1)CC1C(=O)N2C(C(=O)O)=C(CO/N=[N+](\[O-])N3CCCC3)CSC12. The van der Waals surface area contributed by atoms with Gasteiger partial charge < -0.3 is 15.2 Å². The molecule has 2 atom stereocenters. The lowest BCUT2D eigenvalue weighted by Crippen LogP contribution is -2.62. The Morgan fingerprint density at radius 2 is 1.97 bits per heavy atom. The van der Waals surface area contributed by atoms with E-state index in [4.69, 9.17) is 4.84 Å². The molecule has 1 aromatic carbocycles. The third-order valence-corrected chi connectivity index (χ3v) is 7.14. The highest BCUT2D eigenvalue weighted by molar-refractivity contribution is 8.00. The highest BCUT2D eigenvalue weighted by Gasteiger charge is 2.53. The Hall–Kier alpha value is -3.08. The molecule has 0 radical (unpaired) electrons. The first-order chi connectivity index (χ1) is 15.5. The molecule has 0 aromatic heterocycles. The van der Waals surface area contributed by atoms with Crippen LogP contribution in [0.25, 0.3) is 0 Å². The van der Waals surface area contributed by atoms with Crippen LogP contribution in [0.4, 0.5) is 0 Å². The normalized spacial score (nSPS) is 23.1. The van der Waals surface area contributed by atoms with Crippen molar-refractivity contribution in [2.45, 2.75) is 31.1 Å². The number of carbonyl (C=O) groups excluding carboxylic acids is 2. The summed E-state index contributed by atoms with van der Waals surface area (Å²) in [5, 5.41) is 26.2. The summed E-state index contributed by atoms with van der Waals surface area (Å²) in [6.07, 6.45) is 2.14. The van der Waals surface area contributed by atoms with Crippen molar-refractivity contribution in [2.75, 3.05) is 25.4 Å². The molecule has 32 heavy (non-hydrogen) atoms. The van der Waals surface area contributed by atoms with Gasteiger partial charge in [0.25, 0.3) is 0 Å². The minimum Gasteiger partial charge on any atom is -0.569 e. The molecule has 10 nitrogen and oxygen atoms in total. The van der Waals surface area contributed by atoms with Crippen LogP contribution < -0.4 is 0 Å². The Balaban J connectivity index is 1.38. The van der Waals surface area contributed by atoms with Crippen molar-refractivity contribution in [1.82, 2.24) is 9.91 Å². The third kappa shape index (κ3) is 4.57. The van der Waals surface area contributed by atoms with Gasteiger partial charge in [0.05, 0.1) is 29.4 Å². The molecule has 2 saturated heterocycles. The van der Waals surface area contributed by atoms with Gasteiger partial charge in [0.2, 0.25) is 11.2 Å². The minimum atomic E-state index is -1.24. The summed E-state index contributed by atoms with van der Waals surface area (Å²) in [5.41, 5.74) is 1.12. The molecule has 4 rings (SSSR count). The second kappa shape index (κ2) is 9.60. The summed E-state index contributed by atoms with van der Waals surface area (Å²) in [6.45, 7) is 1.00. The van der Waals surface area contributed by atoms with Gasteiger partial charge >= 0.3 is 5.97 Å². The molecular weight excluding hydrogens is 436 g/mol. The molecule has 2 unspecified atom stereocenters. The zero-order valence-corrected chi connectivity index (χ0v) is 18.2. The Labute approximate surface area is 189 Å². The summed E-state index contributed by atoms with van der Waals surface area (Å²) in [7, 11) is 0. The first kappa shape index (κ1) is 22.1. The van der Waals surface area contributed by atoms with E-state index in [2.05, 4.69) is 5.28 Å². The zero-order valence-electron chi connectivity index (χ0n) is 17.4. The molecule has 0 spiro atoms. The van der Waals surface area contributed by atoms with Gasteiger partial charge in [-0.05, 0) is 18.4 Å². The molecule has 2 fully saturated rings. The lowest BCUT2D eigenvalue weighted by atomic mass is 9.89. The lowest BCUT2D eigenvalue weighted by molar-refractivity contribution is -0.707. The molecule has 1 amide bonds. The quantitative estimate of drug-likeness (QED) is 0.257. The largest absolute Gasteiger partial charge is 0.569 e. The highest BCUT2D eigenvalue weighted by atomic mass is 32.2. The Kier molecular flexibility index (Phi) is 6.63. The number of carboxylic acid groups (broad SMARTS) is 1. The Bertz CT molecular complexity index is 960. The maximum absolute atomic E-state index is 12.7. The van der Waals surface area contributed by atoms with Gasteiger partial charge in [0.15, 0.2) is 0 Å². The third-order valence-electron chi connectivity index (χ3n) is 5.74. The second-order valence-corrected chi connectivity index (χ2v) is 9.05. The number of hydrazine groups is 1. The van der Waals surface area contributed by atoms with Crippen LogP contribution in [0.15, 0.2) is 46.9 Å². The number of ketones is 1. The maximum Gasteiger partial charge on any atom is 0.352 e. The molecule has 0 bridgehead atoms. The number of β-lactam (4-membered cyclic amide) rings is 1. The summed E-state index contributed by atoms with van der Waals surface area (Å²) in [4.78, 5) is 43.8. The topological polar surface area (TPSA) is 126 Å². The molecule has 0 aliphatic carbocycles. The van der Waals surface area contributed by atoms with Crippen LogP contribution in [-0.4, -0.2) is 68.5 Å². The smallest absolute Gasteiger partial charge is 0.352 e. The molecule has 1 aromatic rings. The van der Waals surface area contributed by atoms with Gasteiger partial charge in [-0.3, -0.25) is 14.5 Å². The van der Waals surface area contributed by atoms with E-state index >= 15 is 0 Å². The molecule has 11 heteroatoms. The van der Waals surface area contributed by atoms with E-state index in [1.165, 1.54) is 21.7 Å². The van der Waals surface area contributed by atoms with Crippen molar-refractivity contribution < 1.29 is 29.3 Å². The van der Waals surface area contributed by atoms with Gasteiger partial charge in [0.1, 0.15) is 18.1 Å². The number of rotatable bonds is 9. The van der Waals surface area contributed by atoms with Crippen LogP contribution in [0, 0.1) is 11.1 Å². The fraction of sp³-hybridized carbons (Fsp3) is 0.476. The molecule has 1 N–H and O–H groups in total. The lowest BCUT2D eigenvalue weighted by Gasteiger charge is -2.49. The first-order valence-electron chi connectivity index (χ1n) is 10.5. The summed E-state index contributed by atoms with van der Waals surface area (Å²) < 4.78 is 0.